The zero-order valence-corrected chi connectivity index (χ0v) is 8.69. The first-order valence-electron chi connectivity index (χ1n) is 4.12. The van der Waals surface area contributed by atoms with Gasteiger partial charge in [-0.25, -0.2) is 4.39 Å². The van der Waals surface area contributed by atoms with Crippen LogP contribution in [0.3, 0.4) is 0 Å². The molecule has 1 atom stereocenters. The highest BCUT2D eigenvalue weighted by Gasteiger charge is 2.29. The molecule has 0 aromatic heterocycles. The monoisotopic (exact) mass is 242 g/mol. The predicted octanol–water partition coefficient (Wildman–Crippen LogP) is 2.96. The Morgan fingerprint density at radius 3 is 2.92 bits per heavy atom. The first-order valence-corrected chi connectivity index (χ1v) is 4.91. The number of carbonyl (C=O) groups excluding carboxylic acids is 1. The lowest BCUT2D eigenvalue weighted by Crippen LogP contribution is -2.02. The molecular formula is C10H8BrFO. The predicted molar refractivity (Wildman–Crippen MR) is 51.3 cm³/mol. The summed E-state index contributed by atoms with van der Waals surface area (Å²) in [7, 11) is 0. The highest BCUT2D eigenvalue weighted by Crippen LogP contribution is 2.31. The van der Waals surface area contributed by atoms with Gasteiger partial charge in [-0.1, -0.05) is 6.92 Å². The van der Waals surface area contributed by atoms with Crippen LogP contribution in [-0.4, -0.2) is 5.78 Å². The van der Waals surface area contributed by atoms with E-state index in [1.54, 1.807) is 12.1 Å². The summed E-state index contributed by atoms with van der Waals surface area (Å²) >= 11 is 3.10. The Morgan fingerprint density at radius 2 is 2.23 bits per heavy atom. The van der Waals surface area contributed by atoms with Gasteiger partial charge in [0.15, 0.2) is 5.78 Å². The summed E-state index contributed by atoms with van der Waals surface area (Å²) in [5.41, 5.74) is 1.11. The molecule has 0 fully saturated rings. The molecule has 68 valence electrons. The Kier molecular flexibility index (Phi) is 1.99. The number of halogens is 2. The van der Waals surface area contributed by atoms with E-state index in [1.165, 1.54) is 0 Å². The minimum absolute atomic E-state index is 0.0569. The molecule has 1 aromatic rings. The zero-order valence-electron chi connectivity index (χ0n) is 7.10. The van der Waals surface area contributed by atoms with Crippen molar-refractivity contribution in [2.75, 3.05) is 0 Å². The minimum atomic E-state index is -0.282. The maximum Gasteiger partial charge on any atom is 0.166 e. The molecule has 1 nitrogen and oxygen atoms in total. The average Bonchev–Trinajstić information content (AvgIpc) is 2.38. The number of rotatable bonds is 0. The van der Waals surface area contributed by atoms with Crippen LogP contribution in [0.2, 0.25) is 0 Å². The van der Waals surface area contributed by atoms with Crippen LogP contribution in [0.1, 0.15) is 22.8 Å². The Labute approximate surface area is 84.1 Å². The summed E-state index contributed by atoms with van der Waals surface area (Å²) < 4.78 is 13.9. The van der Waals surface area contributed by atoms with Crippen molar-refractivity contribution < 1.29 is 9.18 Å². The molecule has 0 saturated heterocycles. The van der Waals surface area contributed by atoms with Crippen molar-refractivity contribution in [2.24, 2.45) is 5.92 Å². The van der Waals surface area contributed by atoms with E-state index in [0.717, 1.165) is 0 Å². The molecule has 0 aliphatic heterocycles. The van der Waals surface area contributed by atoms with Crippen LogP contribution >= 0.6 is 15.9 Å². The van der Waals surface area contributed by atoms with Gasteiger partial charge in [0.05, 0.1) is 4.47 Å². The second kappa shape index (κ2) is 2.91. The summed E-state index contributed by atoms with van der Waals surface area (Å²) in [4.78, 5) is 11.5. The molecule has 1 unspecified atom stereocenters. The van der Waals surface area contributed by atoms with E-state index in [-0.39, 0.29) is 17.5 Å². The number of benzene rings is 1. The number of hydrogen-bond donors (Lipinski definition) is 0. The molecule has 2 rings (SSSR count). The lowest BCUT2D eigenvalue weighted by molar-refractivity contribution is 0.0946. The quantitative estimate of drug-likeness (QED) is 0.684. The molecule has 0 radical (unpaired) electrons. The van der Waals surface area contributed by atoms with E-state index >= 15 is 0 Å². The van der Waals surface area contributed by atoms with Crippen molar-refractivity contribution in [1.29, 1.82) is 0 Å². The molecule has 0 spiro atoms. The van der Waals surface area contributed by atoms with Gasteiger partial charge in [-0.05, 0) is 34.5 Å². The first kappa shape index (κ1) is 8.88. The van der Waals surface area contributed by atoms with E-state index in [1.807, 2.05) is 6.92 Å². The second-order valence-corrected chi connectivity index (χ2v) is 4.21. The van der Waals surface area contributed by atoms with Gasteiger partial charge in [-0.3, -0.25) is 4.79 Å². The minimum Gasteiger partial charge on any atom is -0.294 e. The maximum atomic E-state index is 13.5. The molecule has 0 saturated carbocycles. The van der Waals surface area contributed by atoms with Crippen LogP contribution in [-0.2, 0) is 6.42 Å². The number of fused-ring (bicyclic) bond motifs is 1. The van der Waals surface area contributed by atoms with Crippen LogP contribution in [0.4, 0.5) is 4.39 Å². The molecule has 0 bridgehead atoms. The third-order valence-electron chi connectivity index (χ3n) is 2.42. The number of carbonyl (C=O) groups is 1. The van der Waals surface area contributed by atoms with Gasteiger partial charge in [0.2, 0.25) is 0 Å². The van der Waals surface area contributed by atoms with Gasteiger partial charge in [0.1, 0.15) is 5.82 Å². The summed E-state index contributed by atoms with van der Waals surface area (Å²) in [6, 6.07) is 3.28. The highest BCUT2D eigenvalue weighted by atomic mass is 79.9. The fourth-order valence-electron chi connectivity index (χ4n) is 1.69. The van der Waals surface area contributed by atoms with Gasteiger partial charge >= 0.3 is 0 Å². The van der Waals surface area contributed by atoms with E-state index in [9.17, 15) is 9.18 Å². The van der Waals surface area contributed by atoms with Crippen molar-refractivity contribution >= 4 is 21.7 Å². The van der Waals surface area contributed by atoms with Gasteiger partial charge < -0.3 is 0 Å². The SMILES string of the molecule is CC1Cc2c(ccc(Br)c2F)C1=O. The Balaban J connectivity index is 2.64. The van der Waals surface area contributed by atoms with Crippen LogP contribution in [0.5, 0.6) is 0 Å². The molecule has 0 heterocycles. The van der Waals surface area contributed by atoms with E-state index in [2.05, 4.69) is 15.9 Å². The second-order valence-electron chi connectivity index (χ2n) is 3.36. The number of ketones is 1. The maximum absolute atomic E-state index is 13.5. The Bertz CT molecular complexity index is 387. The van der Waals surface area contributed by atoms with Gasteiger partial charge in [-0.2, -0.15) is 0 Å². The molecule has 0 N–H and O–H groups in total. The van der Waals surface area contributed by atoms with Crippen LogP contribution in [0, 0.1) is 11.7 Å². The van der Waals surface area contributed by atoms with E-state index in [0.29, 0.717) is 22.0 Å². The lowest BCUT2D eigenvalue weighted by atomic mass is 10.1. The standard InChI is InChI=1S/C10H8BrFO/c1-5-4-7-6(10(5)13)2-3-8(11)9(7)12/h2-3,5H,4H2,1H3. The number of Topliss-reactive ketones (excluding diaryl/α,β-unsaturated/α-hetero) is 1. The molecular weight excluding hydrogens is 235 g/mol. The largest absolute Gasteiger partial charge is 0.294 e. The van der Waals surface area contributed by atoms with Gasteiger partial charge in [0.25, 0.3) is 0 Å². The molecule has 1 aliphatic carbocycles. The lowest BCUT2D eigenvalue weighted by Gasteiger charge is -2.00. The summed E-state index contributed by atoms with van der Waals surface area (Å²) in [5.74, 6) is -0.296. The molecule has 0 amide bonds. The third-order valence-corrected chi connectivity index (χ3v) is 3.03. The van der Waals surface area contributed by atoms with Crippen molar-refractivity contribution in [3.63, 3.8) is 0 Å². The normalized spacial score (nSPS) is 20.5. The van der Waals surface area contributed by atoms with Crippen molar-refractivity contribution in [1.82, 2.24) is 0 Å². The Hall–Kier alpha value is -0.700. The Morgan fingerprint density at radius 1 is 1.54 bits per heavy atom. The summed E-state index contributed by atoms with van der Waals surface area (Å²) in [6.45, 7) is 1.83. The summed E-state index contributed by atoms with van der Waals surface area (Å²) in [6.07, 6.45) is 0.527. The van der Waals surface area contributed by atoms with Crippen molar-refractivity contribution in [3.8, 4) is 0 Å². The zero-order chi connectivity index (χ0) is 9.59. The topological polar surface area (TPSA) is 17.1 Å². The molecule has 3 heteroatoms. The molecule has 1 aromatic carbocycles. The van der Waals surface area contributed by atoms with Crippen molar-refractivity contribution in [3.05, 3.63) is 33.5 Å². The highest BCUT2D eigenvalue weighted by molar-refractivity contribution is 9.10. The molecule has 13 heavy (non-hydrogen) atoms. The molecule has 1 aliphatic rings. The first-order chi connectivity index (χ1) is 6.11. The summed E-state index contributed by atoms with van der Waals surface area (Å²) in [5, 5.41) is 0. The fraction of sp³-hybridized carbons (Fsp3) is 0.300. The smallest absolute Gasteiger partial charge is 0.166 e. The van der Waals surface area contributed by atoms with Crippen LogP contribution in [0.15, 0.2) is 16.6 Å². The van der Waals surface area contributed by atoms with Crippen molar-refractivity contribution in [2.45, 2.75) is 13.3 Å². The fourth-order valence-corrected chi connectivity index (χ4v) is 2.06. The van der Waals surface area contributed by atoms with Crippen LogP contribution in [0.25, 0.3) is 0 Å². The number of hydrogen-bond acceptors (Lipinski definition) is 1. The third kappa shape index (κ3) is 1.22. The van der Waals surface area contributed by atoms with Gasteiger partial charge in [0, 0.05) is 17.0 Å². The van der Waals surface area contributed by atoms with Crippen LogP contribution < -0.4 is 0 Å². The van der Waals surface area contributed by atoms with Gasteiger partial charge in [-0.15, -0.1) is 0 Å². The average molecular weight is 243 g/mol. The van der Waals surface area contributed by atoms with E-state index < -0.39 is 0 Å². The van der Waals surface area contributed by atoms with E-state index in [4.69, 9.17) is 0 Å².